The number of aliphatic hydroxyl groups excluding tert-OH is 1. The molecule has 2 nitrogen and oxygen atoms in total. The molecule has 132 valence electrons. The molecule has 3 heteroatoms. The van der Waals surface area contributed by atoms with E-state index in [0.717, 1.165) is 25.7 Å². The second kappa shape index (κ2) is 7.45. The standard InChI is InChI=1S/C21H30INO/c1-14(2)18-9-8-17(24)13-16(18)7-6-15-5-4-12-21(3)19(15)10-11-20(21)23-22/h6-7,17,19,24H,4-5,8-13H2,1-3H3/b15-6+,16-7-,23-20+/t17-,19?,21+/m1/s1. The van der Waals surface area contributed by atoms with Gasteiger partial charge in [-0.25, -0.2) is 3.21 Å². The van der Waals surface area contributed by atoms with Crippen LogP contribution < -0.4 is 0 Å². The minimum absolute atomic E-state index is 0.168. The van der Waals surface area contributed by atoms with Crippen LogP contribution in [-0.2, 0) is 0 Å². The number of nitrogens with zero attached hydrogens (tertiary/aromatic N) is 1. The van der Waals surface area contributed by atoms with E-state index >= 15 is 0 Å². The van der Waals surface area contributed by atoms with E-state index in [1.54, 1.807) is 5.57 Å². The Morgan fingerprint density at radius 2 is 2.00 bits per heavy atom. The van der Waals surface area contributed by atoms with Gasteiger partial charge in [-0.3, -0.25) is 0 Å². The van der Waals surface area contributed by atoms with Crippen molar-refractivity contribution in [3.05, 3.63) is 34.4 Å². The van der Waals surface area contributed by atoms with Crippen molar-refractivity contribution in [3.63, 3.8) is 0 Å². The highest BCUT2D eigenvalue weighted by Crippen LogP contribution is 2.53. The van der Waals surface area contributed by atoms with Crippen LogP contribution in [0.4, 0.5) is 0 Å². The van der Waals surface area contributed by atoms with E-state index in [0.29, 0.717) is 5.92 Å². The van der Waals surface area contributed by atoms with Crippen LogP contribution in [0.1, 0.15) is 72.1 Å². The van der Waals surface area contributed by atoms with Gasteiger partial charge in [-0.1, -0.05) is 30.2 Å². The topological polar surface area (TPSA) is 32.6 Å². The SMILES string of the molecule is CC(C)=C1CC[C@@H](O)C/C1=C/C=C1\CCC[C@]2(C)/C(=N/I)CCC12. The van der Waals surface area contributed by atoms with Crippen LogP contribution in [0.25, 0.3) is 0 Å². The summed E-state index contributed by atoms with van der Waals surface area (Å²) >= 11 is 2.19. The van der Waals surface area contributed by atoms with Crippen molar-refractivity contribution in [2.45, 2.75) is 78.2 Å². The molecule has 1 unspecified atom stereocenters. The molecule has 0 aromatic rings. The van der Waals surface area contributed by atoms with Crippen molar-refractivity contribution < 1.29 is 5.11 Å². The normalized spacial score (nSPS) is 38.9. The van der Waals surface area contributed by atoms with Gasteiger partial charge in [0.1, 0.15) is 0 Å². The molecule has 3 fully saturated rings. The fourth-order valence-electron chi connectivity index (χ4n) is 5.07. The molecule has 3 rings (SSSR count). The van der Waals surface area contributed by atoms with Crippen LogP contribution in [0.15, 0.2) is 37.7 Å². The zero-order valence-electron chi connectivity index (χ0n) is 15.2. The minimum atomic E-state index is -0.168. The molecular weight excluding hydrogens is 409 g/mol. The zero-order chi connectivity index (χ0) is 17.3. The summed E-state index contributed by atoms with van der Waals surface area (Å²) in [5.41, 5.74) is 7.55. The summed E-state index contributed by atoms with van der Waals surface area (Å²) in [6.45, 7) is 6.83. The monoisotopic (exact) mass is 439 g/mol. The van der Waals surface area contributed by atoms with Crippen LogP contribution in [0.2, 0.25) is 0 Å². The lowest BCUT2D eigenvalue weighted by Gasteiger charge is -2.38. The molecule has 0 radical (unpaired) electrons. The molecule has 3 atom stereocenters. The molecule has 0 spiro atoms. The van der Waals surface area contributed by atoms with E-state index in [9.17, 15) is 5.11 Å². The largest absolute Gasteiger partial charge is 0.393 e. The molecule has 0 aromatic heterocycles. The average Bonchev–Trinajstić information content (AvgIpc) is 2.89. The van der Waals surface area contributed by atoms with Crippen molar-refractivity contribution in [3.8, 4) is 0 Å². The van der Waals surface area contributed by atoms with Crippen LogP contribution in [-0.4, -0.2) is 16.9 Å². The van der Waals surface area contributed by atoms with E-state index in [2.05, 4.69) is 59.0 Å². The van der Waals surface area contributed by atoms with Crippen LogP contribution in [0, 0.1) is 11.3 Å². The summed E-state index contributed by atoms with van der Waals surface area (Å²) in [6, 6.07) is 0. The van der Waals surface area contributed by atoms with Gasteiger partial charge in [-0.05, 0) is 82.3 Å². The number of rotatable bonds is 1. The van der Waals surface area contributed by atoms with Gasteiger partial charge in [0.2, 0.25) is 0 Å². The van der Waals surface area contributed by atoms with Gasteiger partial charge in [-0.2, -0.15) is 0 Å². The Labute approximate surface area is 160 Å². The third kappa shape index (κ3) is 3.44. The Kier molecular flexibility index (Phi) is 5.70. The fourth-order valence-corrected chi connectivity index (χ4v) is 5.86. The summed E-state index contributed by atoms with van der Waals surface area (Å²) in [7, 11) is 0. The van der Waals surface area contributed by atoms with Gasteiger partial charge in [0, 0.05) is 11.1 Å². The molecule has 3 aliphatic rings. The minimum Gasteiger partial charge on any atom is -0.393 e. The number of fused-ring (bicyclic) bond motifs is 1. The molecule has 1 N–H and O–H groups in total. The van der Waals surface area contributed by atoms with Crippen molar-refractivity contribution in [2.24, 2.45) is 14.5 Å². The van der Waals surface area contributed by atoms with Crippen molar-refractivity contribution in [2.75, 3.05) is 0 Å². The van der Waals surface area contributed by atoms with E-state index in [1.165, 1.54) is 48.1 Å². The van der Waals surface area contributed by atoms with Gasteiger partial charge in [0.25, 0.3) is 0 Å². The van der Waals surface area contributed by atoms with Gasteiger partial charge in [-0.15, -0.1) is 0 Å². The third-order valence-electron chi connectivity index (χ3n) is 6.48. The van der Waals surface area contributed by atoms with Crippen LogP contribution in [0.3, 0.4) is 0 Å². The Bertz CT molecular complexity index is 624. The molecule has 0 saturated heterocycles. The number of hydrogen-bond donors (Lipinski definition) is 1. The van der Waals surface area contributed by atoms with Crippen molar-refractivity contribution in [1.82, 2.24) is 0 Å². The molecule has 0 aliphatic heterocycles. The Morgan fingerprint density at radius 1 is 1.21 bits per heavy atom. The lowest BCUT2D eigenvalue weighted by molar-refractivity contribution is 0.158. The highest BCUT2D eigenvalue weighted by Gasteiger charge is 2.47. The van der Waals surface area contributed by atoms with Gasteiger partial charge in [0.15, 0.2) is 0 Å². The molecule has 0 amide bonds. The smallest absolute Gasteiger partial charge is 0.0830 e. The number of hydrogen-bond acceptors (Lipinski definition) is 2. The second-order valence-electron chi connectivity index (χ2n) is 8.20. The summed E-state index contributed by atoms with van der Waals surface area (Å²) in [5.74, 6) is 0.667. The predicted octanol–water partition coefficient (Wildman–Crippen LogP) is 6.11. The lowest BCUT2D eigenvalue weighted by atomic mass is 9.66. The first-order valence-electron chi connectivity index (χ1n) is 9.38. The maximum atomic E-state index is 10.1. The van der Waals surface area contributed by atoms with E-state index in [4.69, 9.17) is 0 Å². The van der Waals surface area contributed by atoms with Crippen LogP contribution in [0.5, 0.6) is 0 Å². The predicted molar refractivity (Wildman–Crippen MR) is 111 cm³/mol. The second-order valence-corrected chi connectivity index (χ2v) is 8.68. The highest BCUT2D eigenvalue weighted by atomic mass is 127. The van der Waals surface area contributed by atoms with Gasteiger partial charge in [0.05, 0.1) is 29.0 Å². The molecule has 0 aromatic carbocycles. The average molecular weight is 439 g/mol. The zero-order valence-corrected chi connectivity index (χ0v) is 17.4. The molecule has 0 bridgehead atoms. The van der Waals surface area contributed by atoms with Crippen molar-refractivity contribution >= 4 is 28.6 Å². The quantitative estimate of drug-likeness (QED) is 0.491. The lowest BCUT2D eigenvalue weighted by Crippen LogP contribution is -2.33. The first-order valence-corrected chi connectivity index (χ1v) is 10.3. The van der Waals surface area contributed by atoms with Crippen LogP contribution >= 0.6 is 22.9 Å². The number of aliphatic hydroxyl groups is 1. The van der Waals surface area contributed by atoms with E-state index in [1.807, 2.05) is 0 Å². The fraction of sp³-hybridized carbons (Fsp3) is 0.667. The third-order valence-corrected chi connectivity index (χ3v) is 7.06. The molecular formula is C21H30INO. The first-order chi connectivity index (χ1) is 11.5. The number of allylic oxidation sites excluding steroid dienone is 5. The summed E-state index contributed by atoms with van der Waals surface area (Å²) in [4.78, 5) is 0. The van der Waals surface area contributed by atoms with Crippen molar-refractivity contribution in [1.29, 1.82) is 0 Å². The van der Waals surface area contributed by atoms with Gasteiger partial charge >= 0.3 is 0 Å². The van der Waals surface area contributed by atoms with E-state index < -0.39 is 0 Å². The first kappa shape index (κ1) is 18.4. The Morgan fingerprint density at radius 3 is 2.71 bits per heavy atom. The Balaban J connectivity index is 1.89. The Hall–Kier alpha value is -0.420. The maximum Gasteiger partial charge on any atom is 0.0830 e. The molecule has 3 saturated carbocycles. The molecule has 0 heterocycles. The summed E-state index contributed by atoms with van der Waals surface area (Å²) < 4.78 is 4.58. The molecule has 3 aliphatic carbocycles. The summed E-state index contributed by atoms with van der Waals surface area (Å²) in [6.07, 6.45) is 13.5. The van der Waals surface area contributed by atoms with E-state index in [-0.39, 0.29) is 11.5 Å². The number of halogens is 1. The highest BCUT2D eigenvalue weighted by molar-refractivity contribution is 14.1. The molecule has 24 heavy (non-hydrogen) atoms. The summed E-state index contributed by atoms with van der Waals surface area (Å²) in [5, 5.41) is 10.1. The maximum absolute atomic E-state index is 10.1. The van der Waals surface area contributed by atoms with Gasteiger partial charge < -0.3 is 5.11 Å².